The molecule has 0 aromatic carbocycles. The largest absolute Gasteiger partial charge is 0.490 e. The van der Waals surface area contributed by atoms with Crippen LogP contribution in [0, 0.1) is 11.8 Å². The maximum absolute atomic E-state index is 11.9. The first-order valence-electron chi connectivity index (χ1n) is 9.93. The normalized spacial score (nSPS) is 27.9. The number of fused-ring (bicyclic) bond motifs is 1. The number of halogens is 3. The molecule has 3 atom stereocenters. The summed E-state index contributed by atoms with van der Waals surface area (Å²) in [5.74, 6) is -1.42. The number of likely N-dealkylation sites (tertiary alicyclic amines) is 1. The van der Waals surface area contributed by atoms with Gasteiger partial charge in [-0.15, -0.1) is 0 Å². The van der Waals surface area contributed by atoms with E-state index in [1.54, 1.807) is 4.31 Å². The maximum atomic E-state index is 11.9. The molecule has 0 amide bonds. The minimum absolute atomic E-state index is 0.470. The molecule has 3 aliphatic rings. The third-order valence-corrected chi connectivity index (χ3v) is 7.23. The van der Waals surface area contributed by atoms with Crippen LogP contribution in [-0.4, -0.2) is 82.6 Å². The Labute approximate surface area is 173 Å². The number of hydrogen-bond donors (Lipinski definition) is 1. The summed E-state index contributed by atoms with van der Waals surface area (Å²) in [5.41, 5.74) is 0. The quantitative estimate of drug-likeness (QED) is 0.730. The van der Waals surface area contributed by atoms with Crippen LogP contribution in [0.15, 0.2) is 18.5 Å². The van der Waals surface area contributed by atoms with Gasteiger partial charge in [-0.1, -0.05) is 0 Å². The number of carboxylic acids is 1. The maximum Gasteiger partial charge on any atom is 0.490 e. The van der Waals surface area contributed by atoms with Crippen molar-refractivity contribution in [1.29, 1.82) is 0 Å². The minimum Gasteiger partial charge on any atom is -0.475 e. The van der Waals surface area contributed by atoms with Gasteiger partial charge in [0.15, 0.2) is 0 Å². The lowest BCUT2D eigenvalue weighted by Crippen LogP contribution is -2.49. The van der Waals surface area contributed by atoms with E-state index < -0.39 is 22.2 Å². The molecule has 0 bridgehead atoms. The minimum atomic E-state index is -5.08. The van der Waals surface area contributed by atoms with Gasteiger partial charge in [0, 0.05) is 44.1 Å². The number of hydrogen-bond acceptors (Lipinski definition) is 5. The fourth-order valence-electron chi connectivity index (χ4n) is 4.40. The van der Waals surface area contributed by atoms with Crippen molar-refractivity contribution in [1.82, 2.24) is 19.0 Å². The second-order valence-corrected chi connectivity index (χ2v) is 10.3. The molecule has 12 heteroatoms. The van der Waals surface area contributed by atoms with E-state index in [2.05, 4.69) is 10.00 Å². The van der Waals surface area contributed by atoms with E-state index in [1.807, 2.05) is 23.1 Å². The van der Waals surface area contributed by atoms with Gasteiger partial charge in [-0.05, 0) is 43.6 Å². The summed E-state index contributed by atoms with van der Waals surface area (Å²) in [4.78, 5) is 11.6. The van der Waals surface area contributed by atoms with Crippen molar-refractivity contribution >= 4 is 16.0 Å². The zero-order valence-corrected chi connectivity index (χ0v) is 17.5. The van der Waals surface area contributed by atoms with Crippen LogP contribution < -0.4 is 0 Å². The molecule has 3 heterocycles. The van der Waals surface area contributed by atoms with E-state index in [9.17, 15) is 21.6 Å². The summed E-state index contributed by atoms with van der Waals surface area (Å²) < 4.78 is 59.2. The average molecular weight is 452 g/mol. The Morgan fingerprint density at radius 2 is 1.90 bits per heavy atom. The van der Waals surface area contributed by atoms with E-state index >= 15 is 0 Å². The first kappa shape index (κ1) is 23.0. The lowest BCUT2D eigenvalue weighted by atomic mass is 9.93. The summed E-state index contributed by atoms with van der Waals surface area (Å²) in [6.45, 7) is 3.48. The van der Waals surface area contributed by atoms with Crippen molar-refractivity contribution in [2.24, 2.45) is 11.8 Å². The number of carbonyl (C=O) groups is 1. The van der Waals surface area contributed by atoms with Gasteiger partial charge >= 0.3 is 12.1 Å². The average Bonchev–Trinajstić information content (AvgIpc) is 3.19. The monoisotopic (exact) mass is 452 g/mol. The fourth-order valence-corrected chi connectivity index (χ4v) is 5.30. The van der Waals surface area contributed by atoms with E-state index in [-0.39, 0.29) is 0 Å². The summed E-state index contributed by atoms with van der Waals surface area (Å²) >= 11 is 0. The molecule has 0 radical (unpaired) electrons. The van der Waals surface area contributed by atoms with Gasteiger partial charge in [0.1, 0.15) is 0 Å². The molecule has 2 aliphatic heterocycles. The van der Waals surface area contributed by atoms with Crippen molar-refractivity contribution in [2.45, 2.75) is 50.5 Å². The molecular formula is C18H27F3N4O4S. The second-order valence-electron chi connectivity index (χ2n) is 8.30. The van der Waals surface area contributed by atoms with Crippen LogP contribution in [0.25, 0.3) is 0 Å². The van der Waals surface area contributed by atoms with E-state index in [1.165, 1.54) is 25.6 Å². The van der Waals surface area contributed by atoms with Crippen molar-refractivity contribution in [3.8, 4) is 0 Å². The van der Waals surface area contributed by atoms with E-state index in [0.29, 0.717) is 31.1 Å². The smallest absolute Gasteiger partial charge is 0.475 e. The van der Waals surface area contributed by atoms with Crippen LogP contribution in [0.5, 0.6) is 0 Å². The van der Waals surface area contributed by atoms with Crippen molar-refractivity contribution in [3.05, 3.63) is 18.5 Å². The Hall–Kier alpha value is -1.66. The molecule has 170 valence electrons. The highest BCUT2D eigenvalue weighted by molar-refractivity contribution is 7.88. The first-order chi connectivity index (χ1) is 13.9. The Balaban J connectivity index is 0.000000318. The van der Waals surface area contributed by atoms with Crippen molar-refractivity contribution < 1.29 is 31.5 Å². The van der Waals surface area contributed by atoms with Crippen LogP contribution in [0.1, 0.15) is 25.7 Å². The zero-order chi connectivity index (χ0) is 22.1. The standard InChI is InChI=1S/C16H26N4O2S.C2HF3O2/c1-23(21,22)19-8-5-16-14(11-19)9-15(12-18-7-2-6-17-18)20(16)10-13-3-4-13;3-2(4,5)1(6)7/h2,6-7,13-16H,3-5,8-12H2,1H3;(H,6,7)/t14-,15+,16+;/m1./s1. The van der Waals surface area contributed by atoms with Gasteiger partial charge in [-0.25, -0.2) is 17.5 Å². The third-order valence-electron chi connectivity index (χ3n) is 5.96. The van der Waals surface area contributed by atoms with Crippen LogP contribution >= 0.6 is 0 Å². The molecular weight excluding hydrogens is 425 g/mol. The molecule has 1 aromatic rings. The van der Waals surface area contributed by atoms with E-state index in [4.69, 9.17) is 9.90 Å². The highest BCUT2D eigenvalue weighted by Gasteiger charge is 2.46. The molecule has 4 rings (SSSR count). The van der Waals surface area contributed by atoms with Gasteiger partial charge in [0.2, 0.25) is 10.0 Å². The molecule has 1 N–H and O–H groups in total. The van der Waals surface area contributed by atoms with Gasteiger partial charge in [0.25, 0.3) is 0 Å². The second kappa shape index (κ2) is 8.83. The molecule has 0 unspecified atom stereocenters. The van der Waals surface area contributed by atoms with Crippen LogP contribution in [0.3, 0.4) is 0 Å². The van der Waals surface area contributed by atoms with Gasteiger partial charge in [0.05, 0.1) is 12.8 Å². The molecule has 1 aliphatic carbocycles. The number of carboxylic acid groups (broad SMARTS) is 1. The highest BCUT2D eigenvalue weighted by Crippen LogP contribution is 2.40. The predicted octanol–water partition coefficient (Wildman–Crippen LogP) is 1.65. The summed E-state index contributed by atoms with van der Waals surface area (Å²) in [6, 6.07) is 3.01. The van der Waals surface area contributed by atoms with E-state index in [0.717, 1.165) is 25.3 Å². The van der Waals surface area contributed by atoms with Crippen molar-refractivity contribution in [2.75, 3.05) is 25.9 Å². The summed E-state index contributed by atoms with van der Waals surface area (Å²) in [5, 5.41) is 11.5. The Morgan fingerprint density at radius 1 is 1.23 bits per heavy atom. The van der Waals surface area contributed by atoms with Crippen molar-refractivity contribution in [3.63, 3.8) is 0 Å². The fraction of sp³-hybridized carbons (Fsp3) is 0.778. The number of aromatic nitrogens is 2. The van der Waals surface area contributed by atoms with Gasteiger partial charge in [-0.2, -0.15) is 18.3 Å². The highest BCUT2D eigenvalue weighted by atomic mass is 32.2. The number of rotatable bonds is 5. The number of alkyl halides is 3. The lowest BCUT2D eigenvalue weighted by Gasteiger charge is -2.37. The molecule has 2 saturated heterocycles. The predicted molar refractivity (Wildman–Crippen MR) is 102 cm³/mol. The number of aliphatic carboxylic acids is 1. The molecule has 3 fully saturated rings. The zero-order valence-electron chi connectivity index (χ0n) is 16.7. The van der Waals surface area contributed by atoms with Crippen LogP contribution in [0.2, 0.25) is 0 Å². The molecule has 1 aromatic heterocycles. The summed E-state index contributed by atoms with van der Waals surface area (Å²) in [7, 11) is -3.06. The number of sulfonamides is 1. The van der Waals surface area contributed by atoms with Crippen LogP contribution in [0.4, 0.5) is 13.2 Å². The Bertz CT molecular complexity index is 827. The third kappa shape index (κ3) is 5.94. The number of piperidine rings is 1. The number of nitrogens with zero attached hydrogens (tertiary/aromatic N) is 4. The Kier molecular flexibility index (Phi) is 6.78. The topological polar surface area (TPSA) is 95.7 Å². The molecule has 0 spiro atoms. The van der Waals surface area contributed by atoms with Crippen LogP contribution in [-0.2, 0) is 21.4 Å². The molecule has 8 nitrogen and oxygen atoms in total. The first-order valence-corrected chi connectivity index (χ1v) is 11.8. The Morgan fingerprint density at radius 3 is 2.40 bits per heavy atom. The van der Waals surface area contributed by atoms with Gasteiger partial charge in [-0.3, -0.25) is 9.58 Å². The molecule has 1 saturated carbocycles. The molecule has 30 heavy (non-hydrogen) atoms. The lowest BCUT2D eigenvalue weighted by molar-refractivity contribution is -0.192. The summed E-state index contributed by atoms with van der Waals surface area (Å²) in [6.07, 6.45) is 4.89. The van der Waals surface area contributed by atoms with Gasteiger partial charge < -0.3 is 5.11 Å². The SMILES string of the molecule is CS(=O)(=O)N1CC[C@H]2[C@H](C[C@@H](Cn3cccn3)N2CC2CC2)C1.O=C(O)C(F)(F)F.